The Morgan fingerprint density at radius 3 is 1.84 bits per heavy atom. The van der Waals surface area contributed by atoms with E-state index in [1.165, 1.54) is 0 Å². The molecule has 0 heterocycles. The Morgan fingerprint density at radius 2 is 1.26 bits per heavy atom. The summed E-state index contributed by atoms with van der Waals surface area (Å²) in [4.78, 5) is 0. The Hall–Kier alpha value is -1.96. The number of ether oxygens (including phenoxy) is 1. The van der Waals surface area contributed by atoms with Crippen LogP contribution in [-0.2, 0) is 0 Å². The Kier molecular flexibility index (Phi) is 10.00. The van der Waals surface area contributed by atoms with Gasteiger partial charge in [-0.05, 0) is 24.3 Å². The molecule has 0 unspecified atom stereocenters. The molecule has 2 aromatic rings. The molecular formula is C17H25NO. The molecular weight excluding hydrogens is 234 g/mol. The van der Waals surface area contributed by atoms with Crippen molar-refractivity contribution in [2.75, 3.05) is 12.4 Å². The van der Waals surface area contributed by atoms with Crippen molar-refractivity contribution in [2.45, 2.75) is 27.7 Å². The summed E-state index contributed by atoms with van der Waals surface area (Å²) in [5, 5.41) is 3.09. The van der Waals surface area contributed by atoms with E-state index in [0.717, 1.165) is 17.2 Å². The van der Waals surface area contributed by atoms with Crippen LogP contribution in [0.1, 0.15) is 27.7 Å². The topological polar surface area (TPSA) is 21.3 Å². The van der Waals surface area contributed by atoms with E-state index in [-0.39, 0.29) is 0 Å². The van der Waals surface area contributed by atoms with Gasteiger partial charge in [0.05, 0.1) is 5.69 Å². The molecule has 2 nitrogen and oxygen atoms in total. The molecule has 0 aliphatic rings. The maximum absolute atomic E-state index is 5.74. The number of para-hydroxylation sites is 3. The minimum absolute atomic E-state index is 0.839. The SMILES string of the molecule is CC.CC.CNc1ccccc1Oc1ccccc1. The van der Waals surface area contributed by atoms with Crippen LogP contribution in [0.3, 0.4) is 0 Å². The lowest BCUT2D eigenvalue weighted by Gasteiger charge is -2.09. The van der Waals surface area contributed by atoms with Gasteiger partial charge < -0.3 is 10.1 Å². The molecule has 19 heavy (non-hydrogen) atoms. The highest BCUT2D eigenvalue weighted by Crippen LogP contribution is 2.28. The van der Waals surface area contributed by atoms with Crippen LogP contribution in [0.15, 0.2) is 54.6 Å². The summed E-state index contributed by atoms with van der Waals surface area (Å²) in [5.41, 5.74) is 0.987. The quantitative estimate of drug-likeness (QED) is 0.777. The predicted octanol–water partition coefficient (Wildman–Crippen LogP) is 5.57. The Morgan fingerprint density at radius 1 is 0.737 bits per heavy atom. The van der Waals surface area contributed by atoms with Crippen molar-refractivity contribution in [3.05, 3.63) is 54.6 Å². The van der Waals surface area contributed by atoms with Crippen LogP contribution in [0.5, 0.6) is 11.5 Å². The molecule has 2 heteroatoms. The third kappa shape index (κ3) is 5.96. The van der Waals surface area contributed by atoms with E-state index in [9.17, 15) is 0 Å². The Balaban J connectivity index is 0.000000741. The average Bonchev–Trinajstić information content (AvgIpc) is 2.53. The molecule has 0 aromatic heterocycles. The van der Waals surface area contributed by atoms with Crippen LogP contribution in [0.25, 0.3) is 0 Å². The van der Waals surface area contributed by atoms with Gasteiger partial charge in [-0.2, -0.15) is 0 Å². The van der Waals surface area contributed by atoms with Crippen molar-refractivity contribution in [1.29, 1.82) is 0 Å². The van der Waals surface area contributed by atoms with Crippen LogP contribution in [0.2, 0.25) is 0 Å². The number of hydrogen-bond donors (Lipinski definition) is 1. The van der Waals surface area contributed by atoms with E-state index in [1.807, 2.05) is 89.3 Å². The summed E-state index contributed by atoms with van der Waals surface area (Å²) < 4.78 is 5.74. The van der Waals surface area contributed by atoms with E-state index in [1.54, 1.807) is 0 Å². The van der Waals surface area contributed by atoms with Gasteiger partial charge in [0.15, 0.2) is 0 Å². The van der Waals surface area contributed by atoms with Crippen LogP contribution >= 0.6 is 0 Å². The van der Waals surface area contributed by atoms with E-state index in [2.05, 4.69) is 5.32 Å². The van der Waals surface area contributed by atoms with Gasteiger partial charge in [0, 0.05) is 7.05 Å². The second kappa shape index (κ2) is 11.1. The van der Waals surface area contributed by atoms with Crippen molar-refractivity contribution in [3.63, 3.8) is 0 Å². The highest BCUT2D eigenvalue weighted by molar-refractivity contribution is 5.56. The summed E-state index contributed by atoms with van der Waals surface area (Å²) >= 11 is 0. The normalized spacial score (nSPS) is 8.26. The Labute approximate surface area is 117 Å². The van der Waals surface area contributed by atoms with Crippen molar-refractivity contribution < 1.29 is 4.74 Å². The number of nitrogens with one attached hydrogen (secondary N) is 1. The zero-order valence-corrected chi connectivity index (χ0v) is 12.6. The predicted molar refractivity (Wildman–Crippen MR) is 85.2 cm³/mol. The van der Waals surface area contributed by atoms with Gasteiger partial charge in [-0.25, -0.2) is 0 Å². The van der Waals surface area contributed by atoms with Crippen LogP contribution < -0.4 is 10.1 Å². The van der Waals surface area contributed by atoms with Gasteiger partial charge in [-0.3, -0.25) is 0 Å². The molecule has 1 N–H and O–H groups in total. The maximum atomic E-state index is 5.74. The molecule has 0 atom stereocenters. The minimum Gasteiger partial charge on any atom is -0.455 e. The standard InChI is InChI=1S/C13H13NO.2C2H6/c1-14-12-9-5-6-10-13(12)15-11-7-3-2-4-8-11;2*1-2/h2-10,14H,1H3;2*1-2H3. The number of hydrogen-bond acceptors (Lipinski definition) is 2. The van der Waals surface area contributed by atoms with Gasteiger partial charge in [0.2, 0.25) is 0 Å². The van der Waals surface area contributed by atoms with Gasteiger partial charge in [0.25, 0.3) is 0 Å². The first-order chi connectivity index (χ1) is 9.40. The van der Waals surface area contributed by atoms with Gasteiger partial charge in [-0.15, -0.1) is 0 Å². The van der Waals surface area contributed by atoms with E-state index < -0.39 is 0 Å². The summed E-state index contributed by atoms with van der Waals surface area (Å²) in [7, 11) is 1.88. The highest BCUT2D eigenvalue weighted by atomic mass is 16.5. The largest absolute Gasteiger partial charge is 0.455 e. The fraction of sp³-hybridized carbons (Fsp3) is 0.294. The lowest BCUT2D eigenvalue weighted by Crippen LogP contribution is -1.92. The maximum Gasteiger partial charge on any atom is 0.150 e. The highest BCUT2D eigenvalue weighted by Gasteiger charge is 2.00. The molecule has 104 valence electrons. The lowest BCUT2D eigenvalue weighted by molar-refractivity contribution is 0.484. The van der Waals surface area contributed by atoms with Crippen molar-refractivity contribution >= 4 is 5.69 Å². The van der Waals surface area contributed by atoms with E-state index in [4.69, 9.17) is 4.74 Å². The number of rotatable bonds is 3. The fourth-order valence-electron chi connectivity index (χ4n) is 1.38. The molecule has 0 bridgehead atoms. The van der Waals surface area contributed by atoms with Crippen LogP contribution in [-0.4, -0.2) is 7.05 Å². The van der Waals surface area contributed by atoms with E-state index >= 15 is 0 Å². The van der Waals surface area contributed by atoms with Crippen molar-refractivity contribution in [1.82, 2.24) is 0 Å². The zero-order valence-electron chi connectivity index (χ0n) is 12.6. The summed E-state index contributed by atoms with van der Waals surface area (Å²) in [5.74, 6) is 1.69. The monoisotopic (exact) mass is 259 g/mol. The van der Waals surface area contributed by atoms with Crippen molar-refractivity contribution in [3.8, 4) is 11.5 Å². The molecule has 0 aliphatic heterocycles. The zero-order chi connectivity index (χ0) is 14.5. The summed E-state index contributed by atoms with van der Waals surface area (Å²) in [6.07, 6.45) is 0. The molecule has 2 rings (SSSR count). The second-order valence-electron chi connectivity index (χ2n) is 3.16. The number of benzene rings is 2. The Bertz CT molecular complexity index is 426. The third-order valence-electron chi connectivity index (χ3n) is 2.13. The van der Waals surface area contributed by atoms with E-state index in [0.29, 0.717) is 0 Å². The lowest BCUT2D eigenvalue weighted by atomic mass is 10.3. The summed E-state index contributed by atoms with van der Waals surface area (Å²) in [6, 6.07) is 17.6. The van der Waals surface area contributed by atoms with Gasteiger partial charge in [-0.1, -0.05) is 58.0 Å². The summed E-state index contributed by atoms with van der Waals surface area (Å²) in [6.45, 7) is 8.00. The fourth-order valence-corrected chi connectivity index (χ4v) is 1.38. The van der Waals surface area contributed by atoms with Crippen LogP contribution in [0, 0.1) is 0 Å². The van der Waals surface area contributed by atoms with Crippen LogP contribution in [0.4, 0.5) is 5.69 Å². The molecule has 0 saturated heterocycles. The number of anilines is 1. The molecule has 0 amide bonds. The molecule has 0 radical (unpaired) electrons. The molecule has 0 aliphatic carbocycles. The second-order valence-corrected chi connectivity index (χ2v) is 3.16. The smallest absolute Gasteiger partial charge is 0.150 e. The van der Waals surface area contributed by atoms with Gasteiger partial charge in [0.1, 0.15) is 11.5 Å². The van der Waals surface area contributed by atoms with Crippen molar-refractivity contribution in [2.24, 2.45) is 0 Å². The molecule has 0 spiro atoms. The first-order valence-corrected chi connectivity index (χ1v) is 6.90. The molecule has 0 fully saturated rings. The first kappa shape index (κ1) is 17.0. The third-order valence-corrected chi connectivity index (χ3v) is 2.13. The average molecular weight is 259 g/mol. The molecule has 2 aromatic carbocycles. The minimum atomic E-state index is 0.839. The molecule has 0 saturated carbocycles. The first-order valence-electron chi connectivity index (χ1n) is 6.90. The van der Waals surface area contributed by atoms with Gasteiger partial charge >= 0.3 is 0 Å².